The third-order valence-electron chi connectivity index (χ3n) is 5.28. The Kier molecular flexibility index (Phi) is 6.53. The number of H-pyrrole nitrogens is 1. The lowest BCUT2D eigenvalue weighted by molar-refractivity contribution is -0.123. The van der Waals surface area contributed by atoms with E-state index in [9.17, 15) is 9.18 Å². The van der Waals surface area contributed by atoms with Crippen LogP contribution in [0.2, 0.25) is 0 Å². The molecule has 0 saturated carbocycles. The van der Waals surface area contributed by atoms with Gasteiger partial charge in [-0.25, -0.2) is 14.4 Å². The number of carbonyl (C=O) groups excluding carboxylic acids is 1. The number of carbonyl (C=O) groups is 1. The van der Waals surface area contributed by atoms with Crippen molar-refractivity contribution < 1.29 is 13.9 Å². The second kappa shape index (κ2) is 9.68. The van der Waals surface area contributed by atoms with Gasteiger partial charge in [0.15, 0.2) is 6.61 Å². The Morgan fingerprint density at radius 1 is 1.15 bits per heavy atom. The molecule has 8 heteroatoms. The Balaban J connectivity index is 1.58. The SMILES string of the molecule is Cc1nc(C(Cc2c[nH]c3ccccc23)NC(=O)COc2ccc(F)cc2)cc(N(C)C)n1. The van der Waals surface area contributed by atoms with Crippen LogP contribution in [0.1, 0.15) is 23.1 Å². The van der Waals surface area contributed by atoms with E-state index in [1.54, 1.807) is 0 Å². The minimum absolute atomic E-state index is 0.194. The predicted octanol–water partition coefficient (Wildman–Crippen LogP) is 3.95. The molecule has 170 valence electrons. The number of anilines is 1. The monoisotopic (exact) mass is 447 g/mol. The molecule has 7 nitrogen and oxygen atoms in total. The number of ether oxygens (including phenoxy) is 1. The molecule has 0 aliphatic carbocycles. The summed E-state index contributed by atoms with van der Waals surface area (Å²) in [5.74, 6) is 1.15. The van der Waals surface area contributed by atoms with Crippen LogP contribution in [0.25, 0.3) is 10.9 Å². The fourth-order valence-electron chi connectivity index (χ4n) is 3.65. The van der Waals surface area contributed by atoms with E-state index in [-0.39, 0.29) is 18.3 Å². The zero-order valence-electron chi connectivity index (χ0n) is 18.8. The predicted molar refractivity (Wildman–Crippen MR) is 126 cm³/mol. The topological polar surface area (TPSA) is 83.1 Å². The largest absolute Gasteiger partial charge is 0.484 e. The Bertz CT molecular complexity index is 1250. The van der Waals surface area contributed by atoms with Crippen molar-refractivity contribution >= 4 is 22.6 Å². The van der Waals surface area contributed by atoms with E-state index in [1.807, 2.05) is 62.4 Å². The third-order valence-corrected chi connectivity index (χ3v) is 5.28. The van der Waals surface area contributed by atoms with E-state index in [2.05, 4.69) is 20.3 Å². The lowest BCUT2D eigenvalue weighted by atomic mass is 10.0. The van der Waals surface area contributed by atoms with Crippen molar-refractivity contribution in [2.24, 2.45) is 0 Å². The van der Waals surface area contributed by atoms with Crippen LogP contribution < -0.4 is 15.0 Å². The molecule has 0 aliphatic heterocycles. The Labute approximate surface area is 191 Å². The number of aromatic nitrogens is 3. The first kappa shape index (κ1) is 22.3. The van der Waals surface area contributed by atoms with Gasteiger partial charge in [0.05, 0.1) is 11.7 Å². The summed E-state index contributed by atoms with van der Waals surface area (Å²) in [5.41, 5.74) is 2.81. The number of rotatable bonds is 8. The van der Waals surface area contributed by atoms with Gasteiger partial charge in [0.25, 0.3) is 5.91 Å². The molecule has 2 N–H and O–H groups in total. The summed E-state index contributed by atoms with van der Waals surface area (Å²) in [6.07, 6.45) is 2.50. The van der Waals surface area contributed by atoms with Crippen LogP contribution in [0.4, 0.5) is 10.2 Å². The number of hydrogen-bond donors (Lipinski definition) is 2. The average molecular weight is 448 g/mol. The molecule has 0 aliphatic rings. The molecule has 0 radical (unpaired) electrons. The maximum Gasteiger partial charge on any atom is 0.258 e. The van der Waals surface area contributed by atoms with Crippen LogP contribution in [0.5, 0.6) is 5.75 Å². The average Bonchev–Trinajstić information content (AvgIpc) is 3.20. The highest BCUT2D eigenvalue weighted by atomic mass is 19.1. The van der Waals surface area contributed by atoms with Gasteiger partial charge < -0.3 is 19.9 Å². The van der Waals surface area contributed by atoms with E-state index in [0.29, 0.717) is 23.7 Å². The van der Waals surface area contributed by atoms with Crippen LogP contribution in [0.3, 0.4) is 0 Å². The molecule has 2 aromatic heterocycles. The number of aryl methyl sites for hydroxylation is 1. The molecular weight excluding hydrogens is 421 g/mol. The van der Waals surface area contributed by atoms with Gasteiger partial charge in [-0.05, 0) is 42.8 Å². The molecule has 0 bridgehead atoms. The number of benzene rings is 2. The molecule has 1 atom stereocenters. The normalized spacial score (nSPS) is 11.9. The van der Waals surface area contributed by atoms with Crippen molar-refractivity contribution in [3.8, 4) is 5.75 Å². The fraction of sp³-hybridized carbons (Fsp3) is 0.240. The first-order valence-corrected chi connectivity index (χ1v) is 10.6. The van der Waals surface area contributed by atoms with Crippen molar-refractivity contribution in [3.63, 3.8) is 0 Å². The first-order chi connectivity index (χ1) is 15.9. The molecule has 0 saturated heterocycles. The quantitative estimate of drug-likeness (QED) is 0.427. The number of nitrogens with zero attached hydrogens (tertiary/aromatic N) is 3. The van der Waals surface area contributed by atoms with Crippen LogP contribution in [0.15, 0.2) is 60.8 Å². The zero-order valence-corrected chi connectivity index (χ0v) is 18.8. The van der Waals surface area contributed by atoms with Gasteiger partial charge in [0, 0.05) is 43.7 Å². The molecule has 0 fully saturated rings. The summed E-state index contributed by atoms with van der Waals surface area (Å²) in [4.78, 5) is 27.1. The smallest absolute Gasteiger partial charge is 0.258 e. The van der Waals surface area contributed by atoms with Crippen molar-refractivity contribution in [2.75, 3.05) is 25.6 Å². The van der Waals surface area contributed by atoms with Crippen molar-refractivity contribution in [2.45, 2.75) is 19.4 Å². The molecule has 4 aromatic rings. The van der Waals surface area contributed by atoms with Gasteiger partial charge in [-0.15, -0.1) is 0 Å². The highest BCUT2D eigenvalue weighted by molar-refractivity contribution is 5.83. The summed E-state index contributed by atoms with van der Waals surface area (Å²) in [5, 5.41) is 4.15. The Morgan fingerprint density at radius 3 is 2.67 bits per heavy atom. The van der Waals surface area contributed by atoms with E-state index >= 15 is 0 Å². The number of nitrogens with one attached hydrogen (secondary N) is 2. The Morgan fingerprint density at radius 2 is 1.91 bits per heavy atom. The minimum atomic E-state index is -0.395. The maximum atomic E-state index is 13.1. The second-order valence-corrected chi connectivity index (χ2v) is 8.02. The number of fused-ring (bicyclic) bond motifs is 1. The molecule has 0 spiro atoms. The van der Waals surface area contributed by atoms with Gasteiger partial charge in [0.2, 0.25) is 0 Å². The molecule has 33 heavy (non-hydrogen) atoms. The minimum Gasteiger partial charge on any atom is -0.484 e. The standard InChI is InChI=1S/C25H26FN5O2/c1-16-28-23(13-24(29-16)31(2)3)22(12-17-14-27-21-7-5-4-6-20(17)21)30-25(32)15-33-19-10-8-18(26)9-11-19/h4-11,13-14,22,27H,12,15H2,1-3H3,(H,30,32). The van der Waals surface area contributed by atoms with E-state index in [0.717, 1.165) is 22.3 Å². The lowest BCUT2D eigenvalue weighted by Crippen LogP contribution is -2.34. The third kappa shape index (κ3) is 5.46. The lowest BCUT2D eigenvalue weighted by Gasteiger charge is -2.21. The van der Waals surface area contributed by atoms with Gasteiger partial charge in [0.1, 0.15) is 23.2 Å². The number of para-hydroxylation sites is 1. The van der Waals surface area contributed by atoms with Gasteiger partial charge in [-0.1, -0.05) is 18.2 Å². The maximum absolute atomic E-state index is 13.1. The molecule has 2 heterocycles. The van der Waals surface area contributed by atoms with Crippen molar-refractivity contribution in [3.05, 3.63) is 83.7 Å². The number of hydrogen-bond acceptors (Lipinski definition) is 5. The van der Waals surface area contributed by atoms with Crippen LogP contribution in [-0.2, 0) is 11.2 Å². The van der Waals surface area contributed by atoms with Crippen LogP contribution >= 0.6 is 0 Å². The van der Waals surface area contributed by atoms with Crippen molar-refractivity contribution in [1.82, 2.24) is 20.3 Å². The van der Waals surface area contributed by atoms with Gasteiger partial charge >= 0.3 is 0 Å². The number of amides is 1. The summed E-state index contributed by atoms with van der Waals surface area (Å²) < 4.78 is 18.6. The van der Waals surface area contributed by atoms with E-state index in [4.69, 9.17) is 4.74 Å². The van der Waals surface area contributed by atoms with Crippen molar-refractivity contribution in [1.29, 1.82) is 0 Å². The zero-order chi connectivity index (χ0) is 23.4. The summed E-state index contributed by atoms with van der Waals surface area (Å²) >= 11 is 0. The van der Waals surface area contributed by atoms with Crippen LogP contribution in [-0.4, -0.2) is 41.6 Å². The summed E-state index contributed by atoms with van der Waals surface area (Å²) in [7, 11) is 3.82. The Hall–Kier alpha value is -3.94. The van der Waals surface area contributed by atoms with Gasteiger partial charge in [-0.2, -0.15) is 0 Å². The summed E-state index contributed by atoms with van der Waals surface area (Å²) in [6, 6.07) is 15.1. The first-order valence-electron chi connectivity index (χ1n) is 10.6. The molecule has 4 rings (SSSR count). The van der Waals surface area contributed by atoms with E-state index in [1.165, 1.54) is 24.3 Å². The second-order valence-electron chi connectivity index (χ2n) is 8.02. The van der Waals surface area contributed by atoms with Gasteiger partial charge in [-0.3, -0.25) is 4.79 Å². The number of aromatic amines is 1. The molecule has 2 aromatic carbocycles. The molecular formula is C25H26FN5O2. The van der Waals surface area contributed by atoms with Crippen LogP contribution in [0, 0.1) is 12.7 Å². The molecule has 1 unspecified atom stereocenters. The molecule has 1 amide bonds. The number of halogens is 1. The highest BCUT2D eigenvalue weighted by Crippen LogP contribution is 2.25. The highest BCUT2D eigenvalue weighted by Gasteiger charge is 2.21. The summed E-state index contributed by atoms with van der Waals surface area (Å²) in [6.45, 7) is 1.64. The fourth-order valence-corrected chi connectivity index (χ4v) is 3.65. The van der Waals surface area contributed by atoms with E-state index < -0.39 is 6.04 Å².